The molecule has 1 amide bonds. The zero-order chi connectivity index (χ0) is 13.8. The first-order chi connectivity index (χ1) is 9.15. The second kappa shape index (κ2) is 5.86. The van der Waals surface area contributed by atoms with Gasteiger partial charge in [-0.15, -0.1) is 0 Å². The van der Waals surface area contributed by atoms with Crippen LogP contribution in [-0.2, 0) is 11.2 Å². The summed E-state index contributed by atoms with van der Waals surface area (Å²) in [5.74, 6) is 2.49. The lowest BCUT2D eigenvalue weighted by Crippen LogP contribution is -2.54. The number of amides is 1. The molecule has 1 unspecified atom stereocenters. The normalized spacial score (nSPS) is 19.2. The molecule has 2 N–H and O–H groups in total. The Hall–Kier alpha value is -1.85. The van der Waals surface area contributed by atoms with Crippen molar-refractivity contribution in [2.24, 2.45) is 0 Å². The van der Waals surface area contributed by atoms with Gasteiger partial charge in [0, 0.05) is 32.1 Å². The molecule has 1 aliphatic rings. The maximum Gasteiger partial charge on any atom is 0.242 e. The molecule has 1 aromatic heterocycles. The summed E-state index contributed by atoms with van der Waals surface area (Å²) in [6, 6.07) is 1.72. The standard InChI is InChI=1S/C13H21N5O/c1-4-10-16-11(14-5-2)8-12(17-10)18-7-6-15-13(19)9(18)3/h8-9H,4-7H2,1-3H3,(H,15,19)(H,14,16,17). The number of carbonyl (C=O) groups excluding carboxylic acids is 1. The van der Waals surface area contributed by atoms with E-state index in [0.717, 1.165) is 37.0 Å². The molecule has 1 atom stereocenters. The van der Waals surface area contributed by atoms with Crippen molar-refractivity contribution in [2.75, 3.05) is 29.9 Å². The van der Waals surface area contributed by atoms with Gasteiger partial charge in [-0.3, -0.25) is 4.79 Å². The topological polar surface area (TPSA) is 70.2 Å². The Morgan fingerprint density at radius 1 is 1.47 bits per heavy atom. The van der Waals surface area contributed by atoms with Crippen LogP contribution in [0.25, 0.3) is 0 Å². The minimum atomic E-state index is -0.192. The van der Waals surface area contributed by atoms with E-state index in [2.05, 4.69) is 20.6 Å². The first kappa shape index (κ1) is 13.6. The van der Waals surface area contributed by atoms with Crippen molar-refractivity contribution in [2.45, 2.75) is 33.2 Å². The predicted molar refractivity (Wildman–Crippen MR) is 75.4 cm³/mol. The number of piperazine rings is 1. The number of carbonyl (C=O) groups is 1. The Morgan fingerprint density at radius 3 is 2.95 bits per heavy atom. The van der Waals surface area contributed by atoms with Crippen LogP contribution in [0.3, 0.4) is 0 Å². The average Bonchev–Trinajstić information content (AvgIpc) is 2.42. The lowest BCUT2D eigenvalue weighted by atomic mass is 10.2. The highest BCUT2D eigenvalue weighted by molar-refractivity contribution is 5.85. The Morgan fingerprint density at radius 2 is 2.26 bits per heavy atom. The van der Waals surface area contributed by atoms with Gasteiger partial charge in [0.2, 0.25) is 5.91 Å². The molecule has 19 heavy (non-hydrogen) atoms. The number of nitrogens with one attached hydrogen (secondary N) is 2. The molecule has 104 valence electrons. The molecule has 0 saturated carbocycles. The lowest BCUT2D eigenvalue weighted by molar-refractivity contribution is -0.122. The quantitative estimate of drug-likeness (QED) is 0.840. The first-order valence-corrected chi connectivity index (χ1v) is 6.81. The van der Waals surface area contributed by atoms with Crippen LogP contribution in [0.2, 0.25) is 0 Å². The van der Waals surface area contributed by atoms with Gasteiger partial charge in [-0.1, -0.05) is 6.92 Å². The average molecular weight is 263 g/mol. The molecule has 6 heteroatoms. The monoisotopic (exact) mass is 263 g/mol. The Labute approximate surface area is 113 Å². The summed E-state index contributed by atoms with van der Waals surface area (Å²) in [6.45, 7) is 8.21. The molecular weight excluding hydrogens is 242 g/mol. The van der Waals surface area contributed by atoms with Gasteiger partial charge < -0.3 is 15.5 Å². The van der Waals surface area contributed by atoms with Crippen molar-refractivity contribution in [3.8, 4) is 0 Å². The van der Waals surface area contributed by atoms with Crippen LogP contribution in [0.15, 0.2) is 6.07 Å². The summed E-state index contributed by atoms with van der Waals surface area (Å²) in [5, 5.41) is 6.07. The summed E-state index contributed by atoms with van der Waals surface area (Å²) in [4.78, 5) is 22.7. The number of hydrogen-bond acceptors (Lipinski definition) is 5. The summed E-state index contributed by atoms with van der Waals surface area (Å²) in [6.07, 6.45) is 0.778. The van der Waals surface area contributed by atoms with Gasteiger partial charge in [0.1, 0.15) is 23.5 Å². The minimum absolute atomic E-state index is 0.0490. The number of rotatable bonds is 4. The van der Waals surface area contributed by atoms with E-state index in [1.165, 1.54) is 0 Å². The fraction of sp³-hybridized carbons (Fsp3) is 0.615. The molecule has 2 heterocycles. The third kappa shape index (κ3) is 2.94. The van der Waals surface area contributed by atoms with Crippen molar-refractivity contribution >= 4 is 17.5 Å². The van der Waals surface area contributed by atoms with E-state index in [4.69, 9.17) is 0 Å². The summed E-state index contributed by atoms with van der Waals surface area (Å²) >= 11 is 0. The molecule has 0 radical (unpaired) electrons. The fourth-order valence-electron chi connectivity index (χ4n) is 2.16. The molecule has 1 aromatic rings. The largest absolute Gasteiger partial charge is 0.370 e. The van der Waals surface area contributed by atoms with E-state index < -0.39 is 0 Å². The SMILES string of the molecule is CCNc1cc(N2CCNC(=O)C2C)nc(CC)n1. The first-order valence-electron chi connectivity index (χ1n) is 6.81. The van der Waals surface area contributed by atoms with E-state index in [1.807, 2.05) is 31.7 Å². The van der Waals surface area contributed by atoms with Gasteiger partial charge >= 0.3 is 0 Å². The summed E-state index contributed by atoms with van der Waals surface area (Å²) < 4.78 is 0. The molecule has 1 saturated heterocycles. The van der Waals surface area contributed by atoms with E-state index in [-0.39, 0.29) is 11.9 Å². The van der Waals surface area contributed by atoms with Crippen LogP contribution in [-0.4, -0.2) is 41.6 Å². The highest BCUT2D eigenvalue weighted by atomic mass is 16.2. The van der Waals surface area contributed by atoms with Crippen molar-refractivity contribution in [3.05, 3.63) is 11.9 Å². The zero-order valence-electron chi connectivity index (χ0n) is 11.7. The Balaban J connectivity index is 2.31. The highest BCUT2D eigenvalue weighted by Gasteiger charge is 2.26. The molecule has 0 bridgehead atoms. The summed E-state index contributed by atoms with van der Waals surface area (Å²) in [5.41, 5.74) is 0. The molecule has 0 aliphatic carbocycles. The van der Waals surface area contributed by atoms with Crippen LogP contribution in [0.5, 0.6) is 0 Å². The maximum atomic E-state index is 11.7. The van der Waals surface area contributed by atoms with Gasteiger partial charge in [-0.05, 0) is 13.8 Å². The van der Waals surface area contributed by atoms with Gasteiger partial charge in [0.15, 0.2) is 0 Å². The molecule has 0 spiro atoms. The fourth-order valence-corrected chi connectivity index (χ4v) is 2.16. The van der Waals surface area contributed by atoms with E-state index >= 15 is 0 Å². The number of nitrogens with zero attached hydrogens (tertiary/aromatic N) is 3. The Bertz CT molecular complexity index is 462. The van der Waals surface area contributed by atoms with Crippen molar-refractivity contribution < 1.29 is 4.79 Å². The summed E-state index contributed by atoms with van der Waals surface area (Å²) in [7, 11) is 0. The second-order valence-electron chi connectivity index (χ2n) is 4.57. The number of hydrogen-bond donors (Lipinski definition) is 2. The van der Waals surface area contributed by atoms with Crippen molar-refractivity contribution in [1.82, 2.24) is 15.3 Å². The number of aryl methyl sites for hydroxylation is 1. The van der Waals surface area contributed by atoms with E-state index in [0.29, 0.717) is 6.54 Å². The van der Waals surface area contributed by atoms with Gasteiger partial charge in [-0.25, -0.2) is 9.97 Å². The molecule has 1 aliphatic heterocycles. The number of anilines is 2. The maximum absolute atomic E-state index is 11.7. The number of aromatic nitrogens is 2. The molecule has 6 nitrogen and oxygen atoms in total. The predicted octanol–water partition coefficient (Wildman–Crippen LogP) is 0.795. The van der Waals surface area contributed by atoms with Gasteiger partial charge in [0.05, 0.1) is 0 Å². The van der Waals surface area contributed by atoms with E-state index in [9.17, 15) is 4.79 Å². The van der Waals surface area contributed by atoms with Gasteiger partial charge in [0.25, 0.3) is 0 Å². The van der Waals surface area contributed by atoms with Crippen LogP contribution >= 0.6 is 0 Å². The van der Waals surface area contributed by atoms with Crippen LogP contribution in [0.4, 0.5) is 11.6 Å². The van der Waals surface area contributed by atoms with Gasteiger partial charge in [-0.2, -0.15) is 0 Å². The third-order valence-corrected chi connectivity index (χ3v) is 3.23. The van der Waals surface area contributed by atoms with Crippen molar-refractivity contribution in [1.29, 1.82) is 0 Å². The second-order valence-corrected chi connectivity index (χ2v) is 4.57. The van der Waals surface area contributed by atoms with Crippen LogP contribution in [0, 0.1) is 0 Å². The third-order valence-electron chi connectivity index (χ3n) is 3.23. The highest BCUT2D eigenvalue weighted by Crippen LogP contribution is 2.20. The molecule has 1 fully saturated rings. The molecule has 0 aromatic carbocycles. The molecular formula is C13H21N5O. The molecule has 2 rings (SSSR count). The Kier molecular flexibility index (Phi) is 4.19. The van der Waals surface area contributed by atoms with Crippen molar-refractivity contribution in [3.63, 3.8) is 0 Å². The lowest BCUT2D eigenvalue weighted by Gasteiger charge is -2.34. The smallest absolute Gasteiger partial charge is 0.242 e. The van der Waals surface area contributed by atoms with Crippen LogP contribution < -0.4 is 15.5 Å². The minimum Gasteiger partial charge on any atom is -0.370 e. The van der Waals surface area contributed by atoms with E-state index in [1.54, 1.807) is 0 Å². The zero-order valence-corrected chi connectivity index (χ0v) is 11.7. The van der Waals surface area contributed by atoms with Crippen LogP contribution in [0.1, 0.15) is 26.6 Å².